The third-order valence-electron chi connectivity index (χ3n) is 3.68. The Labute approximate surface area is 156 Å². The van der Waals surface area contributed by atoms with Crippen molar-refractivity contribution < 1.29 is 35.5 Å². The Morgan fingerprint density at radius 1 is 1.10 bits per heavy atom. The lowest BCUT2D eigenvalue weighted by Gasteiger charge is -2.13. The first-order valence-corrected chi connectivity index (χ1v) is 7.85. The zero-order valence-electron chi connectivity index (χ0n) is 14.7. The van der Waals surface area contributed by atoms with Gasteiger partial charge in [0, 0.05) is 0 Å². The molecular formula is C16H11F7N4O2. The third kappa shape index (κ3) is 4.03. The van der Waals surface area contributed by atoms with Crippen molar-refractivity contribution in [3.63, 3.8) is 0 Å². The van der Waals surface area contributed by atoms with E-state index in [0.29, 0.717) is 16.6 Å². The summed E-state index contributed by atoms with van der Waals surface area (Å²) in [4.78, 5) is 17.7. The van der Waals surface area contributed by atoms with E-state index in [1.165, 1.54) is 0 Å². The van der Waals surface area contributed by atoms with Crippen molar-refractivity contribution in [1.82, 2.24) is 19.6 Å². The SMILES string of the molecule is CC(C)(F)c1nn2c(=O)[nH]c(OCC(F)(F)F)nc2c1-c1cc(F)c(F)c(F)c1. The van der Waals surface area contributed by atoms with Gasteiger partial charge in [0.25, 0.3) is 6.01 Å². The molecule has 0 saturated carbocycles. The number of alkyl halides is 4. The highest BCUT2D eigenvalue weighted by atomic mass is 19.4. The molecule has 0 saturated heterocycles. The predicted octanol–water partition coefficient (Wildman–Crippen LogP) is 3.65. The monoisotopic (exact) mass is 424 g/mol. The molecule has 2 aromatic heterocycles. The topological polar surface area (TPSA) is 72.3 Å². The van der Waals surface area contributed by atoms with Crippen LogP contribution in [0.1, 0.15) is 19.5 Å². The molecule has 1 N–H and O–H groups in total. The maximum absolute atomic E-state index is 14.7. The molecule has 6 nitrogen and oxygen atoms in total. The van der Waals surface area contributed by atoms with Crippen molar-refractivity contribution in [2.75, 3.05) is 6.61 Å². The molecule has 0 aliphatic carbocycles. The first kappa shape index (κ1) is 20.6. The number of benzene rings is 1. The predicted molar refractivity (Wildman–Crippen MR) is 84.6 cm³/mol. The Morgan fingerprint density at radius 3 is 2.21 bits per heavy atom. The smallest absolute Gasteiger partial charge is 0.422 e. The molecule has 3 aromatic rings. The summed E-state index contributed by atoms with van der Waals surface area (Å²) in [6.07, 6.45) is -4.75. The minimum Gasteiger partial charge on any atom is -0.455 e. The summed E-state index contributed by atoms with van der Waals surface area (Å²) < 4.78 is 97.3. The molecule has 0 bridgehead atoms. The van der Waals surface area contributed by atoms with Gasteiger partial charge in [0.15, 0.2) is 29.7 Å². The highest BCUT2D eigenvalue weighted by Crippen LogP contribution is 2.36. The van der Waals surface area contributed by atoms with Crippen LogP contribution in [0.15, 0.2) is 16.9 Å². The van der Waals surface area contributed by atoms with E-state index in [9.17, 15) is 35.5 Å². The summed E-state index contributed by atoms with van der Waals surface area (Å²) in [6, 6.07) is 0.153. The number of rotatable bonds is 4. The molecule has 0 aliphatic heterocycles. The fourth-order valence-electron chi connectivity index (χ4n) is 2.52. The summed E-state index contributed by atoms with van der Waals surface area (Å²) in [6.45, 7) is 0.240. The Hall–Kier alpha value is -3.12. The fraction of sp³-hybridized carbons (Fsp3) is 0.312. The van der Waals surface area contributed by atoms with Gasteiger partial charge < -0.3 is 4.74 Å². The summed E-state index contributed by atoms with van der Waals surface area (Å²) in [5.41, 5.74) is -5.32. The van der Waals surface area contributed by atoms with E-state index in [2.05, 4.69) is 14.8 Å². The zero-order chi connectivity index (χ0) is 21.7. The molecule has 0 amide bonds. The van der Waals surface area contributed by atoms with Gasteiger partial charge >= 0.3 is 11.9 Å². The van der Waals surface area contributed by atoms with Crippen LogP contribution in [0.5, 0.6) is 6.01 Å². The molecule has 2 heterocycles. The first-order chi connectivity index (χ1) is 13.3. The minimum absolute atomic E-state index is 0.418. The zero-order valence-corrected chi connectivity index (χ0v) is 14.7. The Morgan fingerprint density at radius 2 is 1.69 bits per heavy atom. The van der Waals surface area contributed by atoms with E-state index in [1.807, 2.05) is 4.98 Å². The second-order valence-corrected chi connectivity index (χ2v) is 6.44. The normalized spacial score (nSPS) is 12.6. The van der Waals surface area contributed by atoms with Crippen molar-refractivity contribution in [2.45, 2.75) is 25.7 Å². The van der Waals surface area contributed by atoms with Gasteiger partial charge in [0.2, 0.25) is 0 Å². The lowest BCUT2D eigenvalue weighted by molar-refractivity contribution is -0.154. The van der Waals surface area contributed by atoms with E-state index >= 15 is 0 Å². The van der Waals surface area contributed by atoms with Crippen LogP contribution in [0.3, 0.4) is 0 Å². The van der Waals surface area contributed by atoms with Gasteiger partial charge in [-0.25, -0.2) is 22.4 Å². The highest BCUT2D eigenvalue weighted by molar-refractivity contribution is 5.80. The summed E-state index contributed by atoms with van der Waals surface area (Å²) in [5, 5.41) is 3.71. The second kappa shape index (κ2) is 6.74. The highest BCUT2D eigenvalue weighted by Gasteiger charge is 2.32. The number of aromatic amines is 1. The molecule has 0 unspecified atom stereocenters. The third-order valence-corrected chi connectivity index (χ3v) is 3.68. The van der Waals surface area contributed by atoms with Crippen LogP contribution in [0.25, 0.3) is 16.8 Å². The molecule has 3 rings (SSSR count). The van der Waals surface area contributed by atoms with E-state index in [0.717, 1.165) is 13.8 Å². The summed E-state index contributed by atoms with van der Waals surface area (Å²) in [5.74, 6) is -5.01. The van der Waals surface area contributed by atoms with Crippen molar-refractivity contribution in [2.24, 2.45) is 0 Å². The Balaban J connectivity index is 2.31. The molecule has 0 aliphatic rings. The number of nitrogens with zero attached hydrogens (tertiary/aromatic N) is 3. The van der Waals surface area contributed by atoms with Crippen molar-refractivity contribution >= 4 is 5.65 Å². The van der Waals surface area contributed by atoms with Crippen LogP contribution < -0.4 is 10.4 Å². The molecule has 0 spiro atoms. The molecule has 0 radical (unpaired) electrons. The van der Waals surface area contributed by atoms with Crippen molar-refractivity contribution in [1.29, 1.82) is 0 Å². The summed E-state index contributed by atoms with van der Waals surface area (Å²) >= 11 is 0. The van der Waals surface area contributed by atoms with Gasteiger partial charge in [-0.3, -0.25) is 4.98 Å². The van der Waals surface area contributed by atoms with Gasteiger partial charge in [0.05, 0.1) is 5.56 Å². The molecule has 0 fully saturated rings. The molecule has 29 heavy (non-hydrogen) atoms. The quantitative estimate of drug-likeness (QED) is 0.513. The molecular weight excluding hydrogens is 413 g/mol. The standard InChI is InChI=1S/C16H11F7N4O2/c1-15(2,20)11-9(6-3-7(17)10(19)8(18)4-6)12-24-13(29-5-16(21,22)23)25-14(28)27(12)26-11/h3-4H,5H2,1-2H3,(H,24,25,28). The van der Waals surface area contributed by atoms with Crippen LogP contribution in [-0.4, -0.2) is 32.4 Å². The van der Waals surface area contributed by atoms with E-state index < -0.39 is 70.1 Å². The van der Waals surface area contributed by atoms with Gasteiger partial charge in [-0.1, -0.05) is 0 Å². The van der Waals surface area contributed by atoms with E-state index in [-0.39, 0.29) is 0 Å². The maximum Gasteiger partial charge on any atom is 0.422 e. The number of hydrogen-bond donors (Lipinski definition) is 1. The summed E-state index contributed by atoms with van der Waals surface area (Å²) in [7, 11) is 0. The average molecular weight is 424 g/mol. The van der Waals surface area contributed by atoms with Gasteiger partial charge in [-0.05, 0) is 31.5 Å². The minimum atomic E-state index is -4.75. The number of H-pyrrole nitrogens is 1. The second-order valence-electron chi connectivity index (χ2n) is 6.44. The Bertz CT molecular complexity index is 1120. The van der Waals surface area contributed by atoms with Gasteiger partial charge in [0.1, 0.15) is 11.4 Å². The number of halogens is 7. The molecule has 156 valence electrons. The van der Waals surface area contributed by atoms with Crippen LogP contribution in [0.2, 0.25) is 0 Å². The number of ether oxygens (including phenoxy) is 1. The fourth-order valence-corrected chi connectivity index (χ4v) is 2.52. The van der Waals surface area contributed by atoms with Crippen molar-refractivity contribution in [3.8, 4) is 17.1 Å². The number of hydrogen-bond acceptors (Lipinski definition) is 4. The lowest BCUT2D eigenvalue weighted by atomic mass is 9.97. The molecule has 0 atom stereocenters. The van der Waals surface area contributed by atoms with Gasteiger partial charge in [-0.2, -0.15) is 27.8 Å². The van der Waals surface area contributed by atoms with Crippen LogP contribution in [0, 0.1) is 17.5 Å². The van der Waals surface area contributed by atoms with Crippen LogP contribution in [-0.2, 0) is 5.67 Å². The van der Waals surface area contributed by atoms with Crippen LogP contribution >= 0.6 is 0 Å². The number of fused-ring (bicyclic) bond motifs is 1. The first-order valence-electron chi connectivity index (χ1n) is 7.85. The lowest BCUT2D eigenvalue weighted by Crippen LogP contribution is -2.24. The number of aromatic nitrogens is 4. The van der Waals surface area contributed by atoms with E-state index in [4.69, 9.17) is 0 Å². The van der Waals surface area contributed by atoms with E-state index in [1.54, 1.807) is 0 Å². The average Bonchev–Trinajstić information content (AvgIpc) is 2.97. The largest absolute Gasteiger partial charge is 0.455 e. The van der Waals surface area contributed by atoms with Crippen LogP contribution in [0.4, 0.5) is 30.7 Å². The number of nitrogens with one attached hydrogen (secondary N) is 1. The van der Waals surface area contributed by atoms with Crippen molar-refractivity contribution in [3.05, 3.63) is 45.8 Å². The Kier molecular flexibility index (Phi) is 4.79. The maximum atomic E-state index is 14.7. The molecule has 1 aromatic carbocycles. The molecule has 13 heteroatoms. The van der Waals surface area contributed by atoms with Gasteiger partial charge in [-0.15, -0.1) is 0 Å².